The van der Waals surface area contributed by atoms with Gasteiger partial charge < -0.3 is 4.74 Å². The highest BCUT2D eigenvalue weighted by Crippen LogP contribution is 2.12. The van der Waals surface area contributed by atoms with Gasteiger partial charge in [-0.15, -0.1) is 0 Å². The van der Waals surface area contributed by atoms with E-state index in [-0.39, 0.29) is 12.4 Å². The number of ether oxygens (including phenoxy) is 1. The predicted octanol–water partition coefficient (Wildman–Crippen LogP) is 0.856. The van der Waals surface area contributed by atoms with Crippen LogP contribution in [-0.4, -0.2) is 79.8 Å². The number of urea groups is 1. The number of imide groups is 2. The van der Waals surface area contributed by atoms with Gasteiger partial charge in [-0.1, -0.05) is 12.1 Å². The molecule has 9 heteroatoms. The van der Waals surface area contributed by atoms with Gasteiger partial charge in [0.15, 0.2) is 5.92 Å². The molecule has 2 fully saturated rings. The lowest BCUT2D eigenvalue weighted by molar-refractivity contribution is -0.139. The summed E-state index contributed by atoms with van der Waals surface area (Å²) in [7, 11) is 0. The summed E-state index contributed by atoms with van der Waals surface area (Å²) in [6, 6.07) is 5.10. The minimum atomic E-state index is -1.11. The van der Waals surface area contributed by atoms with Gasteiger partial charge in [-0.2, -0.15) is 0 Å². The molecule has 0 aliphatic carbocycles. The molecular weight excluding hydrogens is 379 g/mol. The number of barbiturate groups is 1. The second-order valence-electron chi connectivity index (χ2n) is 7.00. The van der Waals surface area contributed by atoms with Gasteiger partial charge in [-0.25, -0.2) is 9.18 Å². The van der Waals surface area contributed by atoms with E-state index >= 15 is 0 Å². The summed E-state index contributed by atoms with van der Waals surface area (Å²) in [6.07, 6.45) is 2.51. The molecule has 2 aliphatic heterocycles. The molecule has 0 unspecified atom stereocenters. The Kier molecular flexibility index (Phi) is 7.42. The molecular formula is C20H25FN4O4. The molecule has 8 nitrogen and oxygen atoms in total. The number of hydrogen-bond acceptors (Lipinski definition) is 6. The normalized spacial score (nSPS) is 21.1. The number of carbonyl (C=O) groups excluding carboxylic acids is 3. The maximum absolute atomic E-state index is 13.0. The maximum atomic E-state index is 13.0. The van der Waals surface area contributed by atoms with Crippen LogP contribution in [0.4, 0.5) is 9.18 Å². The van der Waals surface area contributed by atoms with Crippen LogP contribution in [0.15, 0.2) is 29.3 Å². The van der Waals surface area contributed by atoms with Gasteiger partial charge in [0, 0.05) is 38.9 Å². The van der Waals surface area contributed by atoms with Crippen molar-refractivity contribution in [2.24, 2.45) is 10.9 Å². The highest BCUT2D eigenvalue weighted by molar-refractivity contribution is 6.23. The highest BCUT2D eigenvalue weighted by Gasteiger charge is 2.39. The van der Waals surface area contributed by atoms with Crippen molar-refractivity contribution >= 4 is 24.1 Å². The molecule has 0 radical (unpaired) electrons. The van der Waals surface area contributed by atoms with Crippen LogP contribution in [0.5, 0.6) is 0 Å². The number of nitrogens with one attached hydrogen (secondary N) is 1. The first-order valence-corrected chi connectivity index (χ1v) is 9.75. The minimum absolute atomic E-state index is 0.102. The molecule has 0 saturated carbocycles. The quantitative estimate of drug-likeness (QED) is 0.394. The third kappa shape index (κ3) is 5.91. The van der Waals surface area contributed by atoms with Gasteiger partial charge in [-0.05, 0) is 30.5 Å². The fourth-order valence-corrected chi connectivity index (χ4v) is 3.26. The number of halogens is 1. The van der Waals surface area contributed by atoms with Crippen LogP contribution >= 0.6 is 0 Å². The molecule has 2 aliphatic rings. The number of benzene rings is 1. The highest BCUT2D eigenvalue weighted by atomic mass is 19.1. The predicted molar refractivity (Wildman–Crippen MR) is 104 cm³/mol. The third-order valence-corrected chi connectivity index (χ3v) is 4.95. The SMILES string of the molecule is O=C1NC(=O)N(CCc2ccc(F)cc2)C(=O)[C@@H]1C=NCCCN1CCOCC1. The van der Waals surface area contributed by atoms with Crippen LogP contribution in [-0.2, 0) is 20.7 Å². The van der Waals surface area contributed by atoms with Crippen LogP contribution in [0.3, 0.4) is 0 Å². The first-order chi connectivity index (χ1) is 14.0. The Bertz CT molecular complexity index is 762. The Morgan fingerprint density at radius 3 is 2.59 bits per heavy atom. The first kappa shape index (κ1) is 21.1. The summed E-state index contributed by atoms with van der Waals surface area (Å²) in [5, 5.41) is 2.20. The van der Waals surface area contributed by atoms with Gasteiger partial charge in [-0.3, -0.25) is 29.7 Å². The van der Waals surface area contributed by atoms with Crippen molar-refractivity contribution in [2.45, 2.75) is 12.8 Å². The molecule has 2 heterocycles. The van der Waals surface area contributed by atoms with Crippen molar-refractivity contribution in [2.75, 3.05) is 45.9 Å². The van der Waals surface area contributed by atoms with Crippen molar-refractivity contribution < 1.29 is 23.5 Å². The molecule has 3 rings (SSSR count). The largest absolute Gasteiger partial charge is 0.379 e. The summed E-state index contributed by atoms with van der Waals surface area (Å²) < 4.78 is 18.3. The third-order valence-electron chi connectivity index (χ3n) is 4.95. The zero-order chi connectivity index (χ0) is 20.6. The Hall–Kier alpha value is -2.65. The van der Waals surface area contributed by atoms with Crippen LogP contribution in [0.2, 0.25) is 0 Å². The molecule has 2 saturated heterocycles. The van der Waals surface area contributed by atoms with Crippen molar-refractivity contribution in [1.82, 2.24) is 15.1 Å². The second-order valence-corrected chi connectivity index (χ2v) is 7.00. The zero-order valence-corrected chi connectivity index (χ0v) is 16.2. The van der Waals surface area contributed by atoms with Gasteiger partial charge in [0.1, 0.15) is 5.82 Å². The molecule has 0 spiro atoms. The van der Waals surface area contributed by atoms with Crippen LogP contribution < -0.4 is 5.32 Å². The number of amides is 4. The molecule has 1 aromatic carbocycles. The molecule has 0 bridgehead atoms. The van der Waals surface area contributed by atoms with Gasteiger partial charge >= 0.3 is 6.03 Å². The first-order valence-electron chi connectivity index (χ1n) is 9.75. The van der Waals surface area contributed by atoms with Crippen LogP contribution in [0.25, 0.3) is 0 Å². The van der Waals surface area contributed by atoms with E-state index in [0.717, 1.165) is 49.7 Å². The smallest absolute Gasteiger partial charge is 0.330 e. The average Bonchev–Trinajstić information content (AvgIpc) is 2.71. The molecule has 4 amide bonds. The van der Waals surface area contributed by atoms with Gasteiger partial charge in [0.25, 0.3) is 0 Å². The Labute approximate surface area is 168 Å². The average molecular weight is 404 g/mol. The fourth-order valence-electron chi connectivity index (χ4n) is 3.26. The summed E-state index contributed by atoms with van der Waals surface area (Å²) in [6.45, 7) is 4.76. The van der Waals surface area contributed by atoms with E-state index in [1.54, 1.807) is 12.1 Å². The summed E-state index contributed by atoms with van der Waals surface area (Å²) >= 11 is 0. The van der Waals surface area contributed by atoms with E-state index in [9.17, 15) is 18.8 Å². The minimum Gasteiger partial charge on any atom is -0.379 e. The lowest BCUT2D eigenvalue weighted by Gasteiger charge is -2.28. The zero-order valence-electron chi connectivity index (χ0n) is 16.2. The van der Waals surface area contributed by atoms with E-state index in [2.05, 4.69) is 15.2 Å². The lowest BCUT2D eigenvalue weighted by atomic mass is 10.1. The van der Waals surface area contributed by atoms with E-state index in [1.807, 2.05) is 0 Å². The Morgan fingerprint density at radius 1 is 1.14 bits per heavy atom. The Balaban J connectivity index is 1.49. The van der Waals surface area contributed by atoms with E-state index in [0.29, 0.717) is 13.0 Å². The molecule has 156 valence electrons. The van der Waals surface area contributed by atoms with Gasteiger partial charge in [0.05, 0.1) is 13.2 Å². The standard InChI is InChI=1S/C20H25FN4O4/c21-16-4-2-15(3-5-16)6-9-25-19(27)17(18(26)23-20(25)28)14-22-7-1-8-24-10-12-29-13-11-24/h2-5,14,17H,1,6-13H2,(H,23,26,28)/t17-/m1/s1. The lowest BCUT2D eigenvalue weighted by Crippen LogP contribution is -2.58. The summed E-state index contributed by atoms with van der Waals surface area (Å²) in [5.74, 6) is -2.70. The number of aliphatic imine (C=N–C) groups is 1. The van der Waals surface area contributed by atoms with Crippen molar-refractivity contribution in [3.63, 3.8) is 0 Å². The number of rotatable bonds is 8. The van der Waals surface area contributed by atoms with Gasteiger partial charge in [0.2, 0.25) is 11.8 Å². The fraction of sp³-hybridized carbons (Fsp3) is 0.500. The van der Waals surface area contributed by atoms with E-state index in [1.165, 1.54) is 18.3 Å². The molecule has 1 atom stereocenters. The number of morpholine rings is 1. The molecule has 1 aromatic rings. The van der Waals surface area contributed by atoms with Crippen molar-refractivity contribution in [3.05, 3.63) is 35.6 Å². The summed E-state index contributed by atoms with van der Waals surface area (Å²) in [5.41, 5.74) is 0.789. The summed E-state index contributed by atoms with van der Waals surface area (Å²) in [4.78, 5) is 44.2. The van der Waals surface area contributed by atoms with E-state index in [4.69, 9.17) is 4.74 Å². The van der Waals surface area contributed by atoms with Crippen molar-refractivity contribution in [3.8, 4) is 0 Å². The number of carbonyl (C=O) groups is 3. The molecule has 29 heavy (non-hydrogen) atoms. The monoisotopic (exact) mass is 404 g/mol. The molecule has 0 aromatic heterocycles. The molecule has 1 N–H and O–H groups in total. The van der Waals surface area contributed by atoms with Crippen molar-refractivity contribution in [1.29, 1.82) is 0 Å². The second kappa shape index (κ2) is 10.2. The number of nitrogens with zero attached hydrogens (tertiary/aromatic N) is 3. The topological polar surface area (TPSA) is 91.3 Å². The number of hydrogen-bond donors (Lipinski definition) is 1. The van der Waals surface area contributed by atoms with Crippen LogP contribution in [0.1, 0.15) is 12.0 Å². The van der Waals surface area contributed by atoms with E-state index < -0.39 is 23.8 Å². The maximum Gasteiger partial charge on any atom is 0.330 e. The van der Waals surface area contributed by atoms with Crippen LogP contribution in [0, 0.1) is 11.7 Å². The Morgan fingerprint density at radius 2 is 1.86 bits per heavy atom.